The molecule has 4 unspecified atom stereocenters. The maximum Gasteiger partial charge on any atom is 0.307 e. The lowest BCUT2D eigenvalue weighted by Gasteiger charge is -2.35. The number of allylic oxidation sites excluding steroid dienone is 2. The lowest BCUT2D eigenvalue weighted by Crippen LogP contribution is -2.47. The highest BCUT2D eigenvalue weighted by atomic mass is 16.5. The molecule has 5 nitrogen and oxygen atoms in total. The van der Waals surface area contributed by atoms with E-state index in [-0.39, 0.29) is 29.8 Å². The number of hydrogen-bond acceptors (Lipinski definition) is 3. The van der Waals surface area contributed by atoms with Crippen LogP contribution in [0.5, 0.6) is 0 Å². The van der Waals surface area contributed by atoms with E-state index in [0.717, 1.165) is 19.3 Å². The third-order valence-electron chi connectivity index (χ3n) is 5.12. The maximum atomic E-state index is 12.7. The second-order valence-electron chi connectivity index (χ2n) is 6.10. The van der Waals surface area contributed by atoms with Crippen LogP contribution in [-0.4, -0.2) is 48.2 Å². The molecule has 2 aliphatic carbocycles. The van der Waals surface area contributed by atoms with Crippen LogP contribution >= 0.6 is 0 Å². The quantitative estimate of drug-likeness (QED) is 0.787. The highest BCUT2D eigenvalue weighted by Gasteiger charge is 2.52. The molecule has 3 aliphatic rings. The standard InChI is InChI=1S/C15H21NO4/c1-20-11-4-6-16(7-5-11)14(17)12-9-2-3-10(8-9)13(12)15(18)19/h2-3,9-13H,4-8H2,1H3,(H,18,19). The van der Waals surface area contributed by atoms with Gasteiger partial charge in [0.15, 0.2) is 0 Å². The van der Waals surface area contributed by atoms with Crippen molar-refractivity contribution in [3.63, 3.8) is 0 Å². The minimum absolute atomic E-state index is 0.0313. The Morgan fingerprint density at radius 2 is 1.75 bits per heavy atom. The molecule has 0 aromatic carbocycles. The summed E-state index contributed by atoms with van der Waals surface area (Å²) in [5, 5.41) is 9.41. The summed E-state index contributed by atoms with van der Waals surface area (Å²) < 4.78 is 5.31. The monoisotopic (exact) mass is 279 g/mol. The van der Waals surface area contributed by atoms with Crippen LogP contribution in [0.4, 0.5) is 0 Å². The predicted octanol–water partition coefficient (Wildman–Crippen LogP) is 1.15. The van der Waals surface area contributed by atoms with Crippen LogP contribution in [0.25, 0.3) is 0 Å². The second kappa shape index (κ2) is 5.20. The van der Waals surface area contributed by atoms with E-state index in [9.17, 15) is 14.7 Å². The molecule has 0 aromatic heterocycles. The predicted molar refractivity (Wildman–Crippen MR) is 72.0 cm³/mol. The van der Waals surface area contributed by atoms with E-state index in [4.69, 9.17) is 4.74 Å². The fourth-order valence-corrected chi connectivity index (χ4v) is 4.02. The Bertz CT molecular complexity index is 439. The third kappa shape index (κ3) is 2.14. The van der Waals surface area contributed by atoms with Gasteiger partial charge in [-0.25, -0.2) is 0 Å². The van der Waals surface area contributed by atoms with Crippen molar-refractivity contribution in [3.05, 3.63) is 12.2 Å². The Balaban J connectivity index is 1.71. The van der Waals surface area contributed by atoms with E-state index in [1.54, 1.807) is 7.11 Å². The van der Waals surface area contributed by atoms with Crippen LogP contribution in [0.2, 0.25) is 0 Å². The molecule has 4 atom stereocenters. The molecule has 2 bridgehead atoms. The van der Waals surface area contributed by atoms with E-state index in [1.165, 1.54) is 0 Å². The first-order valence-electron chi connectivity index (χ1n) is 7.34. The normalized spacial score (nSPS) is 36.5. The fourth-order valence-electron chi connectivity index (χ4n) is 4.02. The maximum absolute atomic E-state index is 12.7. The molecule has 0 radical (unpaired) electrons. The number of amides is 1. The topological polar surface area (TPSA) is 66.8 Å². The Morgan fingerprint density at radius 1 is 1.15 bits per heavy atom. The van der Waals surface area contributed by atoms with Crippen molar-refractivity contribution in [2.75, 3.05) is 20.2 Å². The summed E-state index contributed by atoms with van der Waals surface area (Å²) in [7, 11) is 1.70. The van der Waals surface area contributed by atoms with Gasteiger partial charge in [-0.1, -0.05) is 12.2 Å². The molecule has 1 saturated carbocycles. The number of ether oxygens (including phenoxy) is 1. The molecular formula is C15H21NO4. The Labute approximate surface area is 118 Å². The average Bonchev–Trinajstić information content (AvgIpc) is 3.07. The average molecular weight is 279 g/mol. The Hall–Kier alpha value is -1.36. The van der Waals surface area contributed by atoms with E-state index in [1.807, 2.05) is 17.1 Å². The summed E-state index contributed by atoms with van der Waals surface area (Å²) in [4.78, 5) is 26.0. The zero-order valence-electron chi connectivity index (χ0n) is 11.7. The van der Waals surface area contributed by atoms with Crippen molar-refractivity contribution < 1.29 is 19.4 Å². The Kier molecular flexibility index (Phi) is 3.54. The SMILES string of the molecule is COC1CCN(C(=O)C2C3C=CC(C3)C2C(=O)O)CC1. The number of fused-ring (bicyclic) bond motifs is 2. The van der Waals surface area contributed by atoms with Crippen LogP contribution in [0, 0.1) is 23.7 Å². The Morgan fingerprint density at radius 3 is 2.30 bits per heavy atom. The zero-order chi connectivity index (χ0) is 14.3. The number of methoxy groups -OCH3 is 1. The summed E-state index contributed by atoms with van der Waals surface area (Å²) in [6.07, 6.45) is 6.75. The van der Waals surface area contributed by atoms with Gasteiger partial charge in [0, 0.05) is 20.2 Å². The van der Waals surface area contributed by atoms with Crippen LogP contribution < -0.4 is 0 Å². The molecule has 20 heavy (non-hydrogen) atoms. The number of carboxylic acid groups (broad SMARTS) is 1. The molecule has 5 heteroatoms. The van der Waals surface area contributed by atoms with E-state index >= 15 is 0 Å². The molecule has 0 spiro atoms. The molecule has 1 amide bonds. The minimum Gasteiger partial charge on any atom is -0.481 e. The molecule has 0 aromatic rings. The summed E-state index contributed by atoms with van der Waals surface area (Å²) >= 11 is 0. The van der Waals surface area contributed by atoms with Crippen molar-refractivity contribution in [1.29, 1.82) is 0 Å². The number of hydrogen-bond donors (Lipinski definition) is 1. The molecule has 3 rings (SSSR count). The van der Waals surface area contributed by atoms with Gasteiger partial charge in [0.25, 0.3) is 0 Å². The molecule has 1 aliphatic heterocycles. The second-order valence-corrected chi connectivity index (χ2v) is 6.10. The van der Waals surface area contributed by atoms with E-state index < -0.39 is 11.9 Å². The lowest BCUT2D eigenvalue weighted by molar-refractivity contribution is -0.152. The first-order chi connectivity index (χ1) is 9.61. The van der Waals surface area contributed by atoms with Crippen molar-refractivity contribution in [1.82, 2.24) is 4.90 Å². The van der Waals surface area contributed by atoms with Gasteiger partial charge in [0.05, 0.1) is 17.9 Å². The number of carbonyl (C=O) groups excluding carboxylic acids is 1. The van der Waals surface area contributed by atoms with Crippen molar-refractivity contribution in [2.45, 2.75) is 25.4 Å². The van der Waals surface area contributed by atoms with Crippen LogP contribution in [0.1, 0.15) is 19.3 Å². The zero-order valence-corrected chi connectivity index (χ0v) is 11.7. The van der Waals surface area contributed by atoms with Crippen molar-refractivity contribution in [3.8, 4) is 0 Å². The highest BCUT2D eigenvalue weighted by Crippen LogP contribution is 2.48. The van der Waals surface area contributed by atoms with E-state index in [0.29, 0.717) is 13.1 Å². The van der Waals surface area contributed by atoms with E-state index in [2.05, 4.69) is 0 Å². The number of piperidine rings is 1. The van der Waals surface area contributed by atoms with Crippen LogP contribution in [-0.2, 0) is 14.3 Å². The number of carboxylic acids is 1. The molecule has 1 heterocycles. The first-order valence-corrected chi connectivity index (χ1v) is 7.34. The number of aliphatic carboxylic acids is 1. The molecule has 110 valence electrons. The number of carbonyl (C=O) groups is 2. The van der Waals surface area contributed by atoms with Crippen molar-refractivity contribution >= 4 is 11.9 Å². The highest BCUT2D eigenvalue weighted by molar-refractivity contribution is 5.87. The third-order valence-corrected chi connectivity index (χ3v) is 5.12. The van der Waals surface area contributed by atoms with Gasteiger partial charge in [0.2, 0.25) is 5.91 Å². The summed E-state index contributed by atoms with van der Waals surface area (Å²) in [6, 6.07) is 0. The smallest absolute Gasteiger partial charge is 0.307 e. The van der Waals surface area contributed by atoms with Gasteiger partial charge in [-0.05, 0) is 31.1 Å². The van der Waals surface area contributed by atoms with Crippen LogP contribution in [0.15, 0.2) is 12.2 Å². The molecule has 1 saturated heterocycles. The molecule has 2 fully saturated rings. The molecular weight excluding hydrogens is 258 g/mol. The summed E-state index contributed by atoms with van der Waals surface area (Å²) in [6.45, 7) is 1.36. The number of likely N-dealkylation sites (tertiary alicyclic amines) is 1. The summed E-state index contributed by atoms with van der Waals surface area (Å²) in [5.74, 6) is -1.52. The van der Waals surface area contributed by atoms with Gasteiger partial charge in [-0.15, -0.1) is 0 Å². The largest absolute Gasteiger partial charge is 0.481 e. The number of nitrogens with zero attached hydrogens (tertiary/aromatic N) is 1. The van der Waals surface area contributed by atoms with Gasteiger partial charge >= 0.3 is 5.97 Å². The molecule has 1 N–H and O–H groups in total. The fraction of sp³-hybridized carbons (Fsp3) is 0.733. The van der Waals surface area contributed by atoms with Gasteiger partial charge in [-0.3, -0.25) is 9.59 Å². The summed E-state index contributed by atoms with van der Waals surface area (Å²) in [5.41, 5.74) is 0. The van der Waals surface area contributed by atoms with Gasteiger partial charge < -0.3 is 14.7 Å². The van der Waals surface area contributed by atoms with Crippen LogP contribution in [0.3, 0.4) is 0 Å². The van der Waals surface area contributed by atoms with Crippen molar-refractivity contribution in [2.24, 2.45) is 23.7 Å². The van der Waals surface area contributed by atoms with Gasteiger partial charge in [-0.2, -0.15) is 0 Å². The first kappa shape index (κ1) is 13.6. The lowest BCUT2D eigenvalue weighted by atomic mass is 9.82. The van der Waals surface area contributed by atoms with Gasteiger partial charge in [0.1, 0.15) is 0 Å². The number of rotatable bonds is 3. The minimum atomic E-state index is -0.827.